The van der Waals surface area contributed by atoms with E-state index in [0.717, 1.165) is 0 Å². The Morgan fingerprint density at radius 3 is 2.11 bits per heavy atom. The van der Waals surface area contributed by atoms with Crippen LogP contribution in [-0.4, -0.2) is 14.2 Å². The van der Waals surface area contributed by atoms with Crippen LogP contribution in [0.3, 0.4) is 0 Å². The SMILES string of the molecule is [B][PH+](C)c1ccccc1. The molecule has 0 fully saturated rings. The summed E-state index contributed by atoms with van der Waals surface area (Å²) in [5.74, 6) is 0. The predicted molar refractivity (Wildman–Crippen MR) is 46.1 cm³/mol. The summed E-state index contributed by atoms with van der Waals surface area (Å²) in [6.45, 7) is 2.08. The van der Waals surface area contributed by atoms with Crippen LogP contribution in [-0.2, 0) is 0 Å². The second kappa shape index (κ2) is 3.03. The summed E-state index contributed by atoms with van der Waals surface area (Å²) >= 11 is 0. The van der Waals surface area contributed by atoms with Gasteiger partial charge < -0.3 is 0 Å². The minimum absolute atomic E-state index is 0.712. The van der Waals surface area contributed by atoms with Gasteiger partial charge >= 0.3 is 7.57 Å². The molecular formula is C7H9BP+. The van der Waals surface area contributed by atoms with E-state index < -0.39 is 7.80 Å². The van der Waals surface area contributed by atoms with Crippen molar-refractivity contribution >= 4 is 20.7 Å². The summed E-state index contributed by atoms with van der Waals surface area (Å²) in [4.78, 5) is 0. The lowest BCUT2D eigenvalue weighted by atomic mass is 10.4. The lowest BCUT2D eigenvalue weighted by molar-refractivity contribution is 1.77. The van der Waals surface area contributed by atoms with Gasteiger partial charge in [0.2, 0.25) is 0 Å². The molecule has 1 unspecified atom stereocenters. The molecule has 0 nitrogen and oxygen atoms in total. The summed E-state index contributed by atoms with van der Waals surface area (Å²) in [6, 6.07) is 10.2. The van der Waals surface area contributed by atoms with Crippen molar-refractivity contribution in [3.05, 3.63) is 30.3 Å². The normalized spacial score (nSPS) is 13.0. The zero-order chi connectivity index (χ0) is 6.69. The molecule has 0 aliphatic rings. The van der Waals surface area contributed by atoms with Gasteiger partial charge in [0.25, 0.3) is 0 Å². The minimum Gasteiger partial charge on any atom is -0.0620 e. The fourth-order valence-electron chi connectivity index (χ4n) is 0.701. The van der Waals surface area contributed by atoms with Crippen LogP contribution in [0.5, 0.6) is 0 Å². The topological polar surface area (TPSA) is 0 Å². The summed E-state index contributed by atoms with van der Waals surface area (Å²) in [5.41, 5.74) is 0. The molecule has 44 valence electrons. The van der Waals surface area contributed by atoms with Gasteiger partial charge in [-0.2, -0.15) is 0 Å². The average Bonchev–Trinajstić information content (AvgIpc) is 1.90. The first-order valence-corrected chi connectivity index (χ1v) is 5.03. The molecule has 9 heavy (non-hydrogen) atoms. The second-order valence-corrected chi connectivity index (χ2v) is 3.99. The Bertz CT molecular complexity index is 172. The first-order valence-electron chi connectivity index (χ1n) is 2.95. The van der Waals surface area contributed by atoms with Gasteiger partial charge in [0, 0.05) is 6.66 Å². The van der Waals surface area contributed by atoms with Gasteiger partial charge in [0.1, 0.15) is 0 Å². The van der Waals surface area contributed by atoms with E-state index in [2.05, 4.69) is 18.8 Å². The van der Waals surface area contributed by atoms with Gasteiger partial charge in [-0.05, 0) is 19.9 Å². The first kappa shape index (κ1) is 6.83. The molecule has 0 bridgehead atoms. The molecule has 0 aliphatic carbocycles. The monoisotopic (exact) mass is 135 g/mol. The van der Waals surface area contributed by atoms with Gasteiger partial charge in [-0.15, -0.1) is 0 Å². The third-order valence-electron chi connectivity index (χ3n) is 1.23. The zero-order valence-electron chi connectivity index (χ0n) is 5.46. The molecule has 2 heteroatoms. The van der Waals surface area contributed by atoms with Crippen LogP contribution in [0.2, 0.25) is 0 Å². The molecule has 0 aliphatic heterocycles. The van der Waals surface area contributed by atoms with Crippen LogP contribution in [0, 0.1) is 0 Å². The van der Waals surface area contributed by atoms with Crippen LogP contribution < -0.4 is 5.30 Å². The van der Waals surface area contributed by atoms with Crippen LogP contribution in [0.4, 0.5) is 0 Å². The molecule has 0 saturated carbocycles. The Morgan fingerprint density at radius 2 is 1.78 bits per heavy atom. The van der Waals surface area contributed by atoms with Crippen molar-refractivity contribution in [1.29, 1.82) is 0 Å². The van der Waals surface area contributed by atoms with Gasteiger partial charge in [-0.25, -0.2) is 0 Å². The maximum atomic E-state index is 5.72. The van der Waals surface area contributed by atoms with E-state index in [-0.39, 0.29) is 0 Å². The quantitative estimate of drug-likeness (QED) is 0.401. The van der Waals surface area contributed by atoms with Crippen molar-refractivity contribution in [2.75, 3.05) is 6.66 Å². The van der Waals surface area contributed by atoms with E-state index in [9.17, 15) is 0 Å². The highest BCUT2D eigenvalue weighted by atomic mass is 31.1. The Kier molecular flexibility index (Phi) is 2.30. The summed E-state index contributed by atoms with van der Waals surface area (Å²) in [6.07, 6.45) is 0. The summed E-state index contributed by atoms with van der Waals surface area (Å²) in [7, 11) is 5.00. The maximum absolute atomic E-state index is 5.72. The largest absolute Gasteiger partial charge is 0.368 e. The Balaban J connectivity index is 2.85. The Hall–Kier alpha value is -0.285. The van der Waals surface area contributed by atoms with Crippen molar-refractivity contribution in [1.82, 2.24) is 0 Å². The number of hydrogen-bond donors (Lipinski definition) is 0. The van der Waals surface area contributed by atoms with E-state index in [1.165, 1.54) is 5.30 Å². The number of benzene rings is 1. The zero-order valence-corrected chi connectivity index (χ0v) is 6.46. The van der Waals surface area contributed by atoms with Crippen LogP contribution in [0.1, 0.15) is 0 Å². The molecule has 1 aromatic carbocycles. The van der Waals surface area contributed by atoms with Crippen molar-refractivity contribution in [3.8, 4) is 0 Å². The van der Waals surface area contributed by atoms with E-state index in [0.29, 0.717) is 0 Å². The molecule has 0 heterocycles. The molecule has 0 N–H and O–H groups in total. The van der Waals surface area contributed by atoms with Crippen LogP contribution >= 0.6 is 7.80 Å². The smallest absolute Gasteiger partial charge is 0.0620 e. The third kappa shape index (κ3) is 1.84. The molecule has 0 saturated heterocycles. The van der Waals surface area contributed by atoms with Gasteiger partial charge in [0.05, 0.1) is 5.30 Å². The Morgan fingerprint density at radius 1 is 1.22 bits per heavy atom. The van der Waals surface area contributed by atoms with Crippen LogP contribution in [0.25, 0.3) is 0 Å². The van der Waals surface area contributed by atoms with Gasteiger partial charge in [-0.3, -0.25) is 0 Å². The van der Waals surface area contributed by atoms with Gasteiger partial charge in [-0.1, -0.05) is 18.2 Å². The summed E-state index contributed by atoms with van der Waals surface area (Å²) < 4.78 is 0. The molecule has 0 amide bonds. The fourth-order valence-corrected chi connectivity index (χ4v) is 1.42. The highest BCUT2D eigenvalue weighted by molar-refractivity contribution is 7.87. The first-order chi connectivity index (χ1) is 4.30. The van der Waals surface area contributed by atoms with Crippen molar-refractivity contribution in [2.45, 2.75) is 0 Å². The average molecular weight is 135 g/mol. The number of hydrogen-bond acceptors (Lipinski definition) is 0. The summed E-state index contributed by atoms with van der Waals surface area (Å²) in [5, 5.41) is 1.29. The van der Waals surface area contributed by atoms with E-state index in [4.69, 9.17) is 7.57 Å². The third-order valence-corrected chi connectivity index (χ3v) is 2.47. The van der Waals surface area contributed by atoms with Crippen LogP contribution in [0.15, 0.2) is 30.3 Å². The van der Waals surface area contributed by atoms with Crippen molar-refractivity contribution in [3.63, 3.8) is 0 Å². The molecule has 1 aromatic rings. The van der Waals surface area contributed by atoms with E-state index in [1.807, 2.05) is 18.2 Å². The predicted octanol–water partition coefficient (Wildman–Crippen LogP) is 1.24. The number of rotatable bonds is 1. The molecule has 0 spiro atoms. The molecule has 1 rings (SSSR count). The van der Waals surface area contributed by atoms with E-state index >= 15 is 0 Å². The van der Waals surface area contributed by atoms with Crippen molar-refractivity contribution in [2.24, 2.45) is 0 Å². The fraction of sp³-hybridized carbons (Fsp3) is 0.143. The highest BCUT2D eigenvalue weighted by Crippen LogP contribution is 2.20. The molecule has 1 atom stereocenters. The maximum Gasteiger partial charge on any atom is 0.368 e. The van der Waals surface area contributed by atoms with Gasteiger partial charge in [0.15, 0.2) is 0 Å². The lowest BCUT2D eigenvalue weighted by Crippen LogP contribution is -1.96. The highest BCUT2D eigenvalue weighted by Gasteiger charge is 2.02. The molecule has 2 radical (unpaired) electrons. The Labute approximate surface area is 58.4 Å². The lowest BCUT2D eigenvalue weighted by Gasteiger charge is -1.94. The van der Waals surface area contributed by atoms with Crippen molar-refractivity contribution < 1.29 is 0 Å². The second-order valence-electron chi connectivity index (χ2n) is 2.05. The molecular weight excluding hydrogens is 126 g/mol. The minimum atomic E-state index is -0.712. The van der Waals surface area contributed by atoms with E-state index in [1.54, 1.807) is 0 Å². The standard InChI is InChI=1S/C7H9BP/c1-9(8)7-5-3-2-4-6-7/h2-6,9H,1H3/q+1. The molecule has 0 aromatic heterocycles.